The van der Waals surface area contributed by atoms with Crippen molar-refractivity contribution in [1.29, 1.82) is 0 Å². The largest absolute Gasteiger partial charge is 0.399 e. The Morgan fingerprint density at radius 1 is 0.864 bits per heavy atom. The Bertz CT molecular complexity index is 1600. The van der Waals surface area contributed by atoms with E-state index in [1.54, 1.807) is 6.92 Å². The number of aliphatic hydroxyl groups excluding tert-OH is 2. The highest BCUT2D eigenvalue weighted by Crippen LogP contribution is 2.38. The average Bonchev–Trinajstić information content (AvgIpc) is 2.98. The fourth-order valence-electron chi connectivity index (χ4n) is 3.50. The lowest BCUT2D eigenvalue weighted by Crippen LogP contribution is -2.65. The standard InChI is InChI=1S/C26H24F2N2O13S/c1-16-2-12-21(13-3-16)44(39,40)43-24(33)25(27,28)26(34,42-15-18-6-10-20(11-7-18)30(37)38)22(31)23(32)41-14-17-4-8-19(9-5-17)29(35)36/h2-13,22-23,31-32,34H,14-15H2,1H3/t22-,23?,26-/m1/s1. The molecule has 0 saturated heterocycles. The van der Waals surface area contributed by atoms with Gasteiger partial charge in [0.15, 0.2) is 12.4 Å². The highest BCUT2D eigenvalue weighted by Gasteiger charge is 2.67. The Balaban J connectivity index is 1.88. The maximum atomic E-state index is 15.5. The van der Waals surface area contributed by atoms with E-state index in [-0.39, 0.29) is 16.8 Å². The minimum Gasteiger partial charge on any atom is -0.382 e. The van der Waals surface area contributed by atoms with Crippen molar-refractivity contribution in [2.75, 3.05) is 0 Å². The number of hydrogen-bond donors (Lipinski definition) is 3. The molecule has 0 aromatic heterocycles. The second kappa shape index (κ2) is 13.5. The third kappa shape index (κ3) is 7.73. The van der Waals surface area contributed by atoms with Gasteiger partial charge in [0, 0.05) is 24.3 Å². The quantitative estimate of drug-likeness (QED) is 0.0995. The summed E-state index contributed by atoms with van der Waals surface area (Å²) in [4.78, 5) is 32.0. The molecule has 0 heterocycles. The molecule has 3 atom stereocenters. The summed E-state index contributed by atoms with van der Waals surface area (Å²) in [6.07, 6.45) is -5.93. The molecule has 0 radical (unpaired) electrons. The minimum atomic E-state index is -5.41. The molecule has 3 aromatic rings. The molecule has 3 aromatic carbocycles. The first-order valence-corrected chi connectivity index (χ1v) is 13.6. The van der Waals surface area contributed by atoms with Crippen molar-refractivity contribution in [2.24, 2.45) is 0 Å². The van der Waals surface area contributed by atoms with Crippen LogP contribution in [0.25, 0.3) is 0 Å². The topological polar surface area (TPSA) is 226 Å². The number of benzene rings is 3. The summed E-state index contributed by atoms with van der Waals surface area (Å²) >= 11 is 0. The van der Waals surface area contributed by atoms with Crippen molar-refractivity contribution in [3.63, 3.8) is 0 Å². The molecule has 0 saturated carbocycles. The van der Waals surface area contributed by atoms with E-state index in [1.165, 1.54) is 24.3 Å². The first-order valence-electron chi connectivity index (χ1n) is 12.2. The van der Waals surface area contributed by atoms with Crippen molar-refractivity contribution in [2.45, 2.75) is 49.1 Å². The van der Waals surface area contributed by atoms with Gasteiger partial charge in [-0.2, -0.15) is 17.2 Å². The van der Waals surface area contributed by atoms with Gasteiger partial charge in [0.25, 0.3) is 17.2 Å². The normalized spacial score (nSPS) is 14.7. The summed E-state index contributed by atoms with van der Waals surface area (Å²) in [5, 5.41) is 53.5. The Labute approximate surface area is 247 Å². The van der Waals surface area contributed by atoms with E-state index in [9.17, 15) is 48.8 Å². The van der Waals surface area contributed by atoms with Crippen molar-refractivity contribution < 1.29 is 60.8 Å². The number of aryl methyl sites for hydroxylation is 1. The summed E-state index contributed by atoms with van der Waals surface area (Å²) < 4.78 is 69.8. The van der Waals surface area contributed by atoms with Gasteiger partial charge in [-0.15, -0.1) is 0 Å². The maximum absolute atomic E-state index is 15.5. The summed E-state index contributed by atoms with van der Waals surface area (Å²) in [6, 6.07) is 12.9. The lowest BCUT2D eigenvalue weighted by Gasteiger charge is -2.38. The summed E-state index contributed by atoms with van der Waals surface area (Å²) in [5.74, 6) is -12.7. The van der Waals surface area contributed by atoms with Gasteiger partial charge in [0.05, 0.1) is 23.1 Å². The van der Waals surface area contributed by atoms with E-state index >= 15 is 8.78 Å². The molecule has 0 amide bonds. The third-order valence-corrected chi connectivity index (χ3v) is 7.27. The molecular formula is C26H24F2N2O13S. The highest BCUT2D eigenvalue weighted by atomic mass is 32.2. The van der Waals surface area contributed by atoms with Crippen molar-refractivity contribution >= 4 is 27.5 Å². The Kier molecular flexibility index (Phi) is 10.4. The number of halogens is 2. The van der Waals surface area contributed by atoms with Crippen molar-refractivity contribution in [3.05, 3.63) is 110 Å². The lowest BCUT2D eigenvalue weighted by molar-refractivity contribution is -0.385. The zero-order chi connectivity index (χ0) is 32.9. The number of aliphatic hydroxyl groups is 3. The molecule has 236 valence electrons. The van der Waals surface area contributed by atoms with Crippen LogP contribution in [0.2, 0.25) is 0 Å². The molecule has 15 nitrogen and oxygen atoms in total. The maximum Gasteiger partial charge on any atom is 0.399 e. The molecule has 0 bridgehead atoms. The van der Waals surface area contributed by atoms with Crippen LogP contribution in [-0.4, -0.2) is 63.7 Å². The van der Waals surface area contributed by atoms with Crippen LogP contribution in [0.3, 0.4) is 0 Å². The first-order chi connectivity index (χ1) is 20.5. The number of nitro groups is 2. The molecule has 3 N–H and O–H groups in total. The smallest absolute Gasteiger partial charge is 0.382 e. The molecule has 1 unspecified atom stereocenters. The second-order valence-corrected chi connectivity index (χ2v) is 10.7. The number of nitrogens with zero attached hydrogens (tertiary/aromatic N) is 2. The van der Waals surface area contributed by atoms with Gasteiger partial charge >= 0.3 is 22.0 Å². The molecule has 18 heteroatoms. The molecule has 0 fully saturated rings. The molecule has 3 rings (SSSR count). The number of nitro benzene ring substituents is 2. The number of alkyl halides is 2. The third-order valence-electron chi connectivity index (χ3n) is 6.05. The fraction of sp³-hybridized carbons (Fsp3) is 0.269. The molecule has 0 aliphatic rings. The van der Waals surface area contributed by atoms with E-state index < -0.39 is 73.8 Å². The van der Waals surface area contributed by atoms with Crippen LogP contribution in [0.15, 0.2) is 77.7 Å². The molecular weight excluding hydrogens is 618 g/mol. The van der Waals surface area contributed by atoms with Gasteiger partial charge in [-0.1, -0.05) is 17.7 Å². The average molecular weight is 643 g/mol. The molecule has 0 spiro atoms. The first kappa shape index (κ1) is 34.0. The number of carbonyl (C=O) groups excluding carboxylic acids is 1. The van der Waals surface area contributed by atoms with Crippen molar-refractivity contribution in [3.8, 4) is 0 Å². The molecule has 44 heavy (non-hydrogen) atoms. The predicted molar refractivity (Wildman–Crippen MR) is 142 cm³/mol. The van der Waals surface area contributed by atoms with Gasteiger partial charge in [-0.25, -0.2) is 4.79 Å². The van der Waals surface area contributed by atoms with E-state index in [1.807, 2.05) is 0 Å². The fourth-order valence-corrected chi connectivity index (χ4v) is 4.37. The predicted octanol–water partition coefficient (Wildman–Crippen LogP) is 2.48. The minimum absolute atomic E-state index is 0.0982. The molecule has 0 aliphatic heterocycles. The van der Waals surface area contributed by atoms with Gasteiger partial charge in [-0.3, -0.25) is 20.2 Å². The number of non-ortho nitro benzene ring substituents is 2. The van der Waals surface area contributed by atoms with E-state index in [2.05, 4.69) is 4.18 Å². The van der Waals surface area contributed by atoms with Gasteiger partial charge < -0.3 is 29.0 Å². The van der Waals surface area contributed by atoms with Crippen LogP contribution < -0.4 is 0 Å². The van der Waals surface area contributed by atoms with Crippen LogP contribution in [0, 0.1) is 27.2 Å². The number of carbonyl (C=O) groups is 1. The van der Waals surface area contributed by atoms with Crippen LogP contribution >= 0.6 is 0 Å². The number of rotatable bonds is 14. The van der Waals surface area contributed by atoms with Crippen LogP contribution in [0.5, 0.6) is 0 Å². The van der Waals surface area contributed by atoms with E-state index in [4.69, 9.17) is 9.47 Å². The Morgan fingerprint density at radius 2 is 1.32 bits per heavy atom. The SMILES string of the molecule is Cc1ccc(S(=O)(=O)OC(=O)C(F)(F)[C@](O)(OCc2ccc([N+](=O)[O-])cc2)[C@H](O)C(O)OCc2ccc([N+](=O)[O-])cc2)cc1. The summed E-state index contributed by atoms with van der Waals surface area (Å²) in [5.41, 5.74) is -0.0663. The highest BCUT2D eigenvalue weighted by molar-refractivity contribution is 7.87. The van der Waals surface area contributed by atoms with Crippen LogP contribution in [0.1, 0.15) is 16.7 Å². The zero-order valence-electron chi connectivity index (χ0n) is 22.5. The summed E-state index contributed by atoms with van der Waals surface area (Å²) in [7, 11) is -5.18. The Morgan fingerprint density at radius 3 is 1.77 bits per heavy atom. The van der Waals surface area contributed by atoms with Gasteiger partial charge in [0.2, 0.25) is 0 Å². The van der Waals surface area contributed by atoms with E-state index in [0.29, 0.717) is 5.56 Å². The molecule has 0 aliphatic carbocycles. The Hall–Kier alpha value is -4.46. The lowest BCUT2D eigenvalue weighted by atomic mass is 10.0. The van der Waals surface area contributed by atoms with Crippen LogP contribution in [-0.2, 0) is 41.8 Å². The number of ether oxygens (including phenoxy) is 2. The van der Waals surface area contributed by atoms with Gasteiger partial charge in [-0.05, 0) is 54.4 Å². The summed E-state index contributed by atoms with van der Waals surface area (Å²) in [6.45, 7) is -0.129. The van der Waals surface area contributed by atoms with Crippen LogP contribution in [0.4, 0.5) is 20.2 Å². The van der Waals surface area contributed by atoms with Gasteiger partial charge in [0.1, 0.15) is 4.90 Å². The van der Waals surface area contributed by atoms with E-state index in [0.717, 1.165) is 48.5 Å². The zero-order valence-corrected chi connectivity index (χ0v) is 23.3. The second-order valence-electron chi connectivity index (χ2n) is 9.19. The monoisotopic (exact) mass is 642 g/mol. The van der Waals surface area contributed by atoms with Crippen molar-refractivity contribution in [1.82, 2.24) is 0 Å². The number of hydrogen-bond acceptors (Lipinski definition) is 13.